The van der Waals surface area contributed by atoms with E-state index < -0.39 is 0 Å². The monoisotopic (exact) mass is 165 g/mol. The zero-order valence-corrected chi connectivity index (χ0v) is 7.38. The van der Waals surface area contributed by atoms with Crippen molar-refractivity contribution in [3.8, 4) is 0 Å². The van der Waals surface area contributed by atoms with Gasteiger partial charge in [0.15, 0.2) is 0 Å². The Labute approximate surface area is 72.9 Å². The molecule has 0 heterocycles. The average molecular weight is 165 g/mol. The van der Waals surface area contributed by atoms with Gasteiger partial charge in [-0.3, -0.25) is 0 Å². The molecule has 58 valence electrons. The molecule has 0 radical (unpaired) electrons. The number of hydrogen-bond donors (Lipinski definition) is 1. The number of hydrogen-bond acceptors (Lipinski definition) is 2. The lowest BCUT2D eigenvalue weighted by molar-refractivity contribution is 1.37. The van der Waals surface area contributed by atoms with E-state index >= 15 is 0 Å². The summed E-state index contributed by atoms with van der Waals surface area (Å²) in [5, 5.41) is 0. The molecule has 1 aromatic rings. The highest BCUT2D eigenvalue weighted by molar-refractivity contribution is 7.81. The van der Waals surface area contributed by atoms with Crippen molar-refractivity contribution in [2.75, 3.05) is 11.4 Å². The van der Waals surface area contributed by atoms with E-state index in [0.29, 0.717) is 0 Å². The third-order valence-electron chi connectivity index (χ3n) is 1.50. The number of benzene rings is 1. The van der Waals surface area contributed by atoms with Gasteiger partial charge in [0.2, 0.25) is 0 Å². The van der Waals surface area contributed by atoms with Crippen LogP contribution in [0, 0.1) is 0 Å². The summed E-state index contributed by atoms with van der Waals surface area (Å²) >= 11 is 4.16. The molecule has 11 heavy (non-hydrogen) atoms. The average Bonchev–Trinajstić information content (AvgIpc) is 2.05. The largest absolute Gasteiger partial charge is 0.322 e. The van der Waals surface area contributed by atoms with Crippen LogP contribution in [0.3, 0.4) is 0 Å². The molecule has 0 unspecified atom stereocenters. The lowest BCUT2D eigenvalue weighted by Gasteiger charge is -2.09. The molecule has 1 aromatic carbocycles. The zero-order chi connectivity index (χ0) is 8.27. The molecule has 1 nitrogen and oxygen atoms in total. The van der Waals surface area contributed by atoms with E-state index in [1.54, 1.807) is 4.31 Å². The van der Waals surface area contributed by atoms with Crippen LogP contribution < -0.4 is 4.31 Å². The van der Waals surface area contributed by atoms with E-state index in [1.165, 1.54) is 0 Å². The van der Waals surface area contributed by atoms with Crippen molar-refractivity contribution in [1.29, 1.82) is 0 Å². The Morgan fingerprint density at radius 1 is 1.36 bits per heavy atom. The molecule has 0 amide bonds. The van der Waals surface area contributed by atoms with Gasteiger partial charge < -0.3 is 4.31 Å². The first-order valence-electron chi connectivity index (χ1n) is 3.39. The second-order valence-electron chi connectivity index (χ2n) is 2.32. The summed E-state index contributed by atoms with van der Waals surface area (Å²) in [5.41, 5.74) is 2.21. The van der Waals surface area contributed by atoms with Gasteiger partial charge in [-0.05, 0) is 17.7 Å². The molecule has 0 N–H and O–H groups in total. The van der Waals surface area contributed by atoms with Crippen LogP contribution in [0.5, 0.6) is 0 Å². The van der Waals surface area contributed by atoms with Gasteiger partial charge in [0.05, 0.1) is 0 Å². The minimum Gasteiger partial charge on any atom is -0.322 e. The molecule has 0 aliphatic heterocycles. The van der Waals surface area contributed by atoms with Gasteiger partial charge in [0.1, 0.15) is 0 Å². The lowest BCUT2D eigenvalue weighted by atomic mass is 10.2. The summed E-state index contributed by atoms with van der Waals surface area (Å²) in [5.74, 6) is 0. The first kappa shape index (κ1) is 8.21. The molecule has 0 fully saturated rings. The summed E-state index contributed by atoms with van der Waals surface area (Å²) in [6, 6.07) is 8.03. The van der Waals surface area contributed by atoms with E-state index in [-0.39, 0.29) is 0 Å². The Bertz CT molecular complexity index is 238. The second kappa shape index (κ2) is 3.49. The quantitative estimate of drug-likeness (QED) is 0.659. The van der Waals surface area contributed by atoms with E-state index in [4.69, 9.17) is 0 Å². The Morgan fingerprint density at radius 3 is 2.27 bits per heavy atom. The fourth-order valence-electron chi connectivity index (χ4n) is 0.826. The molecule has 0 aliphatic carbocycles. The van der Waals surface area contributed by atoms with Crippen molar-refractivity contribution in [3.63, 3.8) is 0 Å². The topological polar surface area (TPSA) is 3.24 Å². The van der Waals surface area contributed by atoms with E-state index in [1.807, 2.05) is 37.4 Å². The van der Waals surface area contributed by atoms with Crippen molar-refractivity contribution >= 4 is 24.6 Å². The molecule has 2 heteroatoms. The molecule has 0 atom stereocenters. The Balaban J connectivity index is 2.91. The summed E-state index contributed by atoms with van der Waals surface area (Å²) in [6.07, 6.45) is 1.82. The molecule has 0 spiro atoms. The predicted octanol–water partition coefficient (Wildman–Crippen LogP) is 2.61. The van der Waals surface area contributed by atoms with Crippen molar-refractivity contribution in [2.24, 2.45) is 0 Å². The fourth-order valence-corrected chi connectivity index (χ4v) is 0.959. The highest BCUT2D eigenvalue weighted by Crippen LogP contribution is 2.15. The van der Waals surface area contributed by atoms with Gasteiger partial charge in [-0.25, -0.2) is 0 Å². The predicted molar refractivity (Wildman–Crippen MR) is 53.9 cm³/mol. The van der Waals surface area contributed by atoms with Crippen LogP contribution in [0.15, 0.2) is 30.8 Å². The van der Waals surface area contributed by atoms with Crippen molar-refractivity contribution in [2.45, 2.75) is 0 Å². The molecule has 0 saturated carbocycles. The minimum atomic E-state index is 1.08. The van der Waals surface area contributed by atoms with Gasteiger partial charge in [-0.2, -0.15) is 0 Å². The Hall–Kier alpha value is -0.890. The molecular formula is C9H11NS. The minimum absolute atomic E-state index is 1.08. The summed E-state index contributed by atoms with van der Waals surface area (Å²) in [7, 11) is 1.89. The number of thiol groups is 1. The maximum absolute atomic E-state index is 4.16. The van der Waals surface area contributed by atoms with Gasteiger partial charge in [0.25, 0.3) is 0 Å². The van der Waals surface area contributed by atoms with E-state index in [9.17, 15) is 0 Å². The van der Waals surface area contributed by atoms with Crippen LogP contribution in [0.4, 0.5) is 5.69 Å². The Kier molecular flexibility index (Phi) is 2.60. The molecule has 0 bridgehead atoms. The number of anilines is 1. The van der Waals surface area contributed by atoms with Crippen molar-refractivity contribution < 1.29 is 0 Å². The number of rotatable bonds is 2. The van der Waals surface area contributed by atoms with Gasteiger partial charge in [-0.15, -0.1) is 0 Å². The van der Waals surface area contributed by atoms with Crippen LogP contribution >= 0.6 is 12.8 Å². The highest BCUT2D eigenvalue weighted by Gasteiger charge is 1.92. The van der Waals surface area contributed by atoms with E-state index in [0.717, 1.165) is 11.3 Å². The van der Waals surface area contributed by atoms with Crippen LogP contribution in [-0.2, 0) is 0 Å². The third kappa shape index (κ3) is 2.02. The number of nitrogens with zero attached hydrogens (tertiary/aromatic N) is 1. The molecule has 0 saturated heterocycles. The van der Waals surface area contributed by atoms with Crippen LogP contribution in [0.1, 0.15) is 5.56 Å². The first-order valence-corrected chi connectivity index (χ1v) is 3.79. The van der Waals surface area contributed by atoms with Gasteiger partial charge in [-0.1, -0.05) is 37.6 Å². The fraction of sp³-hybridized carbons (Fsp3) is 0.111. The first-order chi connectivity index (χ1) is 5.24. The zero-order valence-electron chi connectivity index (χ0n) is 6.49. The van der Waals surface area contributed by atoms with Crippen LogP contribution in [0.2, 0.25) is 0 Å². The smallest absolute Gasteiger partial charge is 0.0464 e. The normalized spacial score (nSPS) is 9.27. The standard InChI is InChI=1S/C9H11NS/c1-3-8-4-6-9(7-5-8)10(2)11/h3-7,11H,1H2,2H3. The second-order valence-corrected chi connectivity index (χ2v) is 2.92. The summed E-state index contributed by atoms with van der Waals surface area (Å²) in [6.45, 7) is 3.67. The maximum Gasteiger partial charge on any atom is 0.0464 e. The lowest BCUT2D eigenvalue weighted by Crippen LogP contribution is -1.99. The maximum atomic E-state index is 4.16. The molecular weight excluding hydrogens is 154 g/mol. The SMILES string of the molecule is C=Cc1ccc(N(C)S)cc1. The van der Waals surface area contributed by atoms with Crippen molar-refractivity contribution in [3.05, 3.63) is 36.4 Å². The van der Waals surface area contributed by atoms with Crippen molar-refractivity contribution in [1.82, 2.24) is 0 Å². The van der Waals surface area contributed by atoms with Gasteiger partial charge >= 0.3 is 0 Å². The summed E-state index contributed by atoms with van der Waals surface area (Å²) in [4.78, 5) is 0. The van der Waals surface area contributed by atoms with Crippen LogP contribution in [-0.4, -0.2) is 7.05 Å². The summed E-state index contributed by atoms with van der Waals surface area (Å²) < 4.78 is 1.77. The van der Waals surface area contributed by atoms with Gasteiger partial charge in [0, 0.05) is 12.7 Å². The highest BCUT2D eigenvalue weighted by atomic mass is 32.1. The van der Waals surface area contributed by atoms with E-state index in [2.05, 4.69) is 19.4 Å². The Morgan fingerprint density at radius 2 is 1.91 bits per heavy atom. The molecule has 0 aromatic heterocycles. The molecule has 1 rings (SSSR count). The van der Waals surface area contributed by atoms with Crippen LogP contribution in [0.25, 0.3) is 6.08 Å². The molecule has 0 aliphatic rings. The third-order valence-corrected chi connectivity index (χ3v) is 1.73.